The monoisotopic (exact) mass is 530 g/mol. The molecule has 0 fully saturated rings. The molecule has 0 bridgehead atoms. The molecule has 0 saturated heterocycles. The molecule has 2 heterocycles. The molecule has 5 aromatic carbocycles. The van der Waals surface area contributed by atoms with E-state index in [9.17, 15) is 4.79 Å². The minimum Gasteiger partial charge on any atom is -0.214 e. The van der Waals surface area contributed by atoms with Crippen molar-refractivity contribution in [1.82, 2.24) is 0 Å². The van der Waals surface area contributed by atoms with Crippen molar-refractivity contribution in [2.24, 2.45) is 0 Å². The van der Waals surface area contributed by atoms with Gasteiger partial charge in [-0.25, -0.2) is 4.79 Å². The summed E-state index contributed by atoms with van der Waals surface area (Å²) in [5.74, 6) is 0.0507. The maximum Gasteiger partial charge on any atom is 0.426 e. The molecule has 0 radical (unpaired) electrons. The summed E-state index contributed by atoms with van der Waals surface area (Å²) < 4.78 is 1.95. The quantitative estimate of drug-likeness (QED) is 0.217. The van der Waals surface area contributed by atoms with Crippen LogP contribution in [-0.2, 0) is 0 Å². The molecule has 5 aromatic rings. The molecule has 0 spiro atoms. The van der Waals surface area contributed by atoms with Gasteiger partial charge in [0.15, 0.2) is 0 Å². The molecule has 1 aliphatic carbocycles. The van der Waals surface area contributed by atoms with E-state index in [4.69, 9.17) is 0 Å². The van der Waals surface area contributed by atoms with Crippen LogP contribution in [0.1, 0.15) is 10.4 Å². The van der Waals surface area contributed by atoms with Crippen molar-refractivity contribution in [3.05, 3.63) is 145 Å². The number of thioether (sulfide) groups is 1. The van der Waals surface area contributed by atoms with Crippen LogP contribution in [-0.4, -0.2) is 21.4 Å². The van der Waals surface area contributed by atoms with Crippen molar-refractivity contribution in [3.63, 3.8) is 0 Å². The highest BCUT2D eigenvalue weighted by molar-refractivity contribution is 8.01. The first kappa shape index (κ1) is 23.2. The second kappa shape index (κ2) is 9.18. The highest BCUT2D eigenvalue weighted by Crippen LogP contribution is 2.50. The van der Waals surface area contributed by atoms with Crippen LogP contribution in [0.4, 0.5) is 5.69 Å². The number of allylic oxidation sites excluding steroid dienone is 3. The van der Waals surface area contributed by atoms with Crippen molar-refractivity contribution < 1.29 is 9.37 Å². The summed E-state index contributed by atoms with van der Waals surface area (Å²) in [6.45, 7) is 0. The molecule has 2 nitrogen and oxygen atoms in total. The molecule has 0 aromatic heterocycles. The van der Waals surface area contributed by atoms with Gasteiger partial charge < -0.3 is 0 Å². The lowest BCUT2D eigenvalue weighted by Gasteiger charge is -2.27. The number of nitrogens with zero attached hydrogens (tertiary/aromatic N) is 1. The molecule has 8 rings (SSSR count). The second-order valence-corrected chi connectivity index (χ2v) is 11.5. The topological polar surface area (TPSA) is 20.1 Å². The number of carbonyl (C=O) groups is 1. The third kappa shape index (κ3) is 3.66. The van der Waals surface area contributed by atoms with E-state index in [2.05, 4.69) is 115 Å². The van der Waals surface area contributed by atoms with E-state index in [0.29, 0.717) is 0 Å². The van der Waals surface area contributed by atoms with Crippen molar-refractivity contribution in [2.45, 2.75) is 10.1 Å². The summed E-state index contributed by atoms with van der Waals surface area (Å²) in [6, 6.07) is 40.6. The van der Waals surface area contributed by atoms with Crippen LogP contribution in [0.2, 0.25) is 0 Å². The van der Waals surface area contributed by atoms with Crippen molar-refractivity contribution >= 4 is 29.1 Å². The largest absolute Gasteiger partial charge is 0.426 e. The van der Waals surface area contributed by atoms with Crippen LogP contribution in [0.3, 0.4) is 0 Å². The Morgan fingerprint density at radius 3 is 1.80 bits per heavy atom. The zero-order valence-corrected chi connectivity index (χ0v) is 22.4. The summed E-state index contributed by atoms with van der Waals surface area (Å²) in [7, 11) is 0. The molecular formula is C37H24NOS+. The number of rotatable bonds is 3. The summed E-state index contributed by atoms with van der Waals surface area (Å²) in [5, 5.41) is 0.102. The summed E-state index contributed by atoms with van der Waals surface area (Å²) >= 11 is 1.83. The third-order valence-corrected chi connectivity index (χ3v) is 9.12. The van der Waals surface area contributed by atoms with E-state index in [1.807, 2.05) is 40.6 Å². The Morgan fingerprint density at radius 1 is 0.550 bits per heavy atom. The molecule has 1 unspecified atom stereocenters. The summed E-state index contributed by atoms with van der Waals surface area (Å²) in [5.41, 5.74) is 12.0. The van der Waals surface area contributed by atoms with E-state index < -0.39 is 0 Å². The molecular weight excluding hydrogens is 506 g/mol. The maximum absolute atomic E-state index is 13.8. The molecule has 40 heavy (non-hydrogen) atoms. The SMILES string of the molecule is O=C1c2ccccc2-c2cc(-c3cc(-c4ccccc4)cc(-c4ccccc4)c3)cc3c2[N+]1=C1C=CC=CC1S3. The van der Waals surface area contributed by atoms with Gasteiger partial charge in [0.05, 0.1) is 16.0 Å². The minimum absolute atomic E-state index is 0.0507. The van der Waals surface area contributed by atoms with Crippen LogP contribution in [0.25, 0.3) is 44.5 Å². The van der Waals surface area contributed by atoms with Crippen LogP contribution in [0, 0.1) is 0 Å². The zero-order chi connectivity index (χ0) is 26.6. The van der Waals surface area contributed by atoms with Gasteiger partial charge in [-0.15, -0.1) is 16.3 Å². The Bertz CT molecular complexity index is 1870. The fourth-order valence-corrected chi connectivity index (χ4v) is 7.27. The lowest BCUT2D eigenvalue weighted by Crippen LogP contribution is -2.35. The average Bonchev–Trinajstić information content (AvgIpc) is 3.03. The van der Waals surface area contributed by atoms with Crippen molar-refractivity contribution in [1.29, 1.82) is 0 Å². The molecule has 0 N–H and O–H groups in total. The lowest BCUT2D eigenvalue weighted by atomic mass is 9.88. The number of hydrogen-bond donors (Lipinski definition) is 0. The number of fused-ring (bicyclic) bond motifs is 3. The molecule has 1 amide bonds. The second-order valence-electron chi connectivity index (χ2n) is 10.3. The van der Waals surface area contributed by atoms with Crippen LogP contribution >= 0.6 is 11.8 Å². The van der Waals surface area contributed by atoms with Gasteiger partial charge >= 0.3 is 5.91 Å². The molecule has 3 aliphatic rings. The highest BCUT2D eigenvalue weighted by atomic mass is 32.2. The van der Waals surface area contributed by atoms with Crippen molar-refractivity contribution in [2.75, 3.05) is 0 Å². The van der Waals surface area contributed by atoms with E-state index in [1.54, 1.807) is 0 Å². The van der Waals surface area contributed by atoms with Gasteiger partial charge in [0.1, 0.15) is 5.25 Å². The molecule has 0 saturated carbocycles. The number of benzene rings is 5. The minimum atomic E-state index is 0.0507. The van der Waals surface area contributed by atoms with Gasteiger partial charge in [-0.1, -0.05) is 97.1 Å². The van der Waals surface area contributed by atoms with E-state index >= 15 is 0 Å². The Hall–Kier alpha value is -4.73. The van der Waals surface area contributed by atoms with Gasteiger partial charge in [0.25, 0.3) is 0 Å². The lowest BCUT2D eigenvalue weighted by molar-refractivity contribution is -0.339. The van der Waals surface area contributed by atoms with E-state index in [-0.39, 0.29) is 11.2 Å². The normalized spacial score (nSPS) is 16.4. The number of carbonyl (C=O) groups excluding carboxylic acids is 1. The fraction of sp³-hybridized carbons (Fsp3) is 0.0270. The predicted octanol–water partition coefficient (Wildman–Crippen LogP) is 9.19. The van der Waals surface area contributed by atoms with Crippen LogP contribution in [0.15, 0.2) is 144 Å². The first-order chi connectivity index (χ1) is 19.7. The first-order valence-corrected chi connectivity index (χ1v) is 14.4. The zero-order valence-electron chi connectivity index (χ0n) is 21.6. The van der Waals surface area contributed by atoms with Gasteiger partial charge in [0, 0.05) is 11.6 Å². The van der Waals surface area contributed by atoms with E-state index in [0.717, 1.165) is 44.1 Å². The maximum atomic E-state index is 13.8. The Balaban J connectivity index is 1.40. The van der Waals surface area contributed by atoms with Crippen LogP contribution < -0.4 is 0 Å². The molecule has 2 aliphatic heterocycles. The molecule has 188 valence electrons. The average molecular weight is 531 g/mol. The molecule has 3 heteroatoms. The fourth-order valence-electron chi connectivity index (χ4n) is 6.01. The van der Waals surface area contributed by atoms with E-state index in [1.165, 1.54) is 22.3 Å². The van der Waals surface area contributed by atoms with Gasteiger partial charge in [-0.2, -0.15) is 0 Å². The predicted molar refractivity (Wildman–Crippen MR) is 165 cm³/mol. The standard InChI is InChI=1S/C37H24NOS/c39-37-31-16-8-7-15-30(31)32-22-29(23-35-36(32)38(37)33-17-9-10-18-34(33)40-35)28-20-26(24-11-3-1-4-12-24)19-27(21-28)25-13-5-2-6-14-25/h1-23,34H/q+1. The summed E-state index contributed by atoms with van der Waals surface area (Å²) in [6.07, 6.45) is 8.38. The van der Waals surface area contributed by atoms with Crippen LogP contribution in [0.5, 0.6) is 0 Å². The third-order valence-electron chi connectivity index (χ3n) is 7.90. The Morgan fingerprint density at radius 2 is 1.12 bits per heavy atom. The number of amides is 1. The first-order valence-electron chi connectivity index (χ1n) is 13.5. The Labute approximate surface area is 237 Å². The van der Waals surface area contributed by atoms with Crippen molar-refractivity contribution in [3.8, 4) is 44.5 Å². The smallest absolute Gasteiger partial charge is 0.214 e. The number of hydrogen-bond acceptors (Lipinski definition) is 2. The molecule has 1 atom stereocenters. The highest BCUT2D eigenvalue weighted by Gasteiger charge is 2.44. The summed E-state index contributed by atoms with van der Waals surface area (Å²) in [4.78, 5) is 15.0. The Kier molecular flexibility index (Phi) is 5.32. The van der Waals surface area contributed by atoms with Gasteiger partial charge in [-0.05, 0) is 69.8 Å². The van der Waals surface area contributed by atoms with Gasteiger partial charge in [0.2, 0.25) is 11.4 Å². The van der Waals surface area contributed by atoms with Gasteiger partial charge in [-0.3, -0.25) is 0 Å².